The van der Waals surface area contributed by atoms with E-state index >= 15 is 0 Å². The maximum atomic E-state index is 4.28. The van der Waals surface area contributed by atoms with Crippen LogP contribution < -0.4 is 0 Å². The number of rotatable bonds is 0. The molecule has 0 fully saturated rings. The van der Waals surface area contributed by atoms with Crippen LogP contribution in [-0.4, -0.2) is 6.21 Å². The fourth-order valence-electron chi connectivity index (χ4n) is 2.65. The van der Waals surface area contributed by atoms with Crippen molar-refractivity contribution in [2.24, 2.45) is 22.2 Å². The summed E-state index contributed by atoms with van der Waals surface area (Å²) in [5, 5.41) is 0. The second-order valence-electron chi connectivity index (χ2n) is 5.06. The Morgan fingerprint density at radius 3 is 2.93 bits per heavy atom. The lowest BCUT2D eigenvalue weighted by molar-refractivity contribution is 0.268. The van der Waals surface area contributed by atoms with Gasteiger partial charge in [0.25, 0.3) is 0 Å². The standard InChI is InChI=1S/C14H19N/c1-11-5-4-6-12-7-9-15-10-8-13(11)14(12,2)3/h4-6,8-11,13H,7H2,1-3H3/b10-8-,15-9-. The lowest BCUT2D eigenvalue weighted by atomic mass is 9.68. The van der Waals surface area contributed by atoms with Gasteiger partial charge < -0.3 is 0 Å². The van der Waals surface area contributed by atoms with E-state index in [0.717, 1.165) is 6.42 Å². The highest BCUT2D eigenvalue weighted by atomic mass is 14.7. The lowest BCUT2D eigenvalue weighted by Gasteiger charge is -2.37. The molecule has 2 unspecified atom stereocenters. The first-order valence-corrected chi connectivity index (χ1v) is 5.68. The van der Waals surface area contributed by atoms with Crippen LogP contribution in [0.15, 0.2) is 41.1 Å². The van der Waals surface area contributed by atoms with Gasteiger partial charge in [0.15, 0.2) is 0 Å². The largest absolute Gasteiger partial charge is 0.269 e. The molecule has 1 heteroatoms. The van der Waals surface area contributed by atoms with Crippen molar-refractivity contribution in [3.8, 4) is 0 Å². The monoisotopic (exact) mass is 201 g/mol. The minimum absolute atomic E-state index is 0.242. The van der Waals surface area contributed by atoms with Crippen molar-refractivity contribution in [3.63, 3.8) is 0 Å². The van der Waals surface area contributed by atoms with Gasteiger partial charge in [-0.2, -0.15) is 0 Å². The van der Waals surface area contributed by atoms with Crippen molar-refractivity contribution < 1.29 is 0 Å². The van der Waals surface area contributed by atoms with Gasteiger partial charge in [-0.1, -0.05) is 50.6 Å². The molecule has 2 aliphatic rings. The third kappa shape index (κ3) is 1.83. The predicted octanol–water partition coefficient (Wildman–Crippen LogP) is 3.75. The highest BCUT2D eigenvalue weighted by Crippen LogP contribution is 2.43. The predicted molar refractivity (Wildman–Crippen MR) is 65.9 cm³/mol. The molecular weight excluding hydrogens is 182 g/mol. The van der Waals surface area contributed by atoms with Crippen LogP contribution in [0.1, 0.15) is 27.2 Å². The molecule has 0 N–H and O–H groups in total. The van der Waals surface area contributed by atoms with E-state index < -0.39 is 0 Å². The number of hydrogen-bond donors (Lipinski definition) is 0. The van der Waals surface area contributed by atoms with Crippen LogP contribution >= 0.6 is 0 Å². The third-order valence-corrected chi connectivity index (χ3v) is 3.74. The Morgan fingerprint density at radius 1 is 1.33 bits per heavy atom. The summed E-state index contributed by atoms with van der Waals surface area (Å²) < 4.78 is 0. The van der Waals surface area contributed by atoms with Crippen LogP contribution in [0.25, 0.3) is 0 Å². The highest BCUT2D eigenvalue weighted by molar-refractivity contribution is 5.63. The first-order valence-electron chi connectivity index (χ1n) is 5.68. The van der Waals surface area contributed by atoms with Crippen LogP contribution in [0.3, 0.4) is 0 Å². The minimum atomic E-state index is 0.242. The molecule has 15 heavy (non-hydrogen) atoms. The summed E-state index contributed by atoms with van der Waals surface area (Å²) in [5.74, 6) is 1.14. The van der Waals surface area contributed by atoms with Gasteiger partial charge in [-0.25, -0.2) is 0 Å². The third-order valence-electron chi connectivity index (χ3n) is 3.74. The molecule has 1 aliphatic carbocycles. The Balaban J connectivity index is 2.49. The summed E-state index contributed by atoms with van der Waals surface area (Å²) in [5.41, 5.74) is 1.73. The van der Waals surface area contributed by atoms with Crippen molar-refractivity contribution in [2.75, 3.05) is 0 Å². The Labute approximate surface area is 92.3 Å². The second-order valence-corrected chi connectivity index (χ2v) is 5.06. The van der Waals surface area contributed by atoms with E-state index in [-0.39, 0.29) is 5.41 Å². The van der Waals surface area contributed by atoms with Gasteiger partial charge in [-0.15, -0.1) is 0 Å². The second kappa shape index (κ2) is 3.80. The van der Waals surface area contributed by atoms with Gasteiger partial charge >= 0.3 is 0 Å². The van der Waals surface area contributed by atoms with Gasteiger partial charge in [-0.05, 0) is 17.3 Å². The van der Waals surface area contributed by atoms with Crippen molar-refractivity contribution >= 4 is 6.21 Å². The van der Waals surface area contributed by atoms with Gasteiger partial charge in [0.1, 0.15) is 0 Å². The van der Waals surface area contributed by atoms with Crippen LogP contribution in [0.2, 0.25) is 0 Å². The molecule has 0 spiro atoms. The van der Waals surface area contributed by atoms with E-state index in [4.69, 9.17) is 0 Å². The van der Waals surface area contributed by atoms with E-state index in [2.05, 4.69) is 50.1 Å². The molecule has 0 aromatic carbocycles. The number of aliphatic imine (C=N–C) groups is 1. The van der Waals surface area contributed by atoms with Crippen LogP contribution in [0.5, 0.6) is 0 Å². The van der Waals surface area contributed by atoms with E-state index in [0.29, 0.717) is 11.8 Å². The van der Waals surface area contributed by atoms with Gasteiger partial charge in [-0.3, -0.25) is 4.99 Å². The molecule has 0 saturated heterocycles. The molecular formula is C14H19N. The minimum Gasteiger partial charge on any atom is -0.269 e. The zero-order chi connectivity index (χ0) is 10.9. The van der Waals surface area contributed by atoms with E-state index in [1.54, 1.807) is 0 Å². The van der Waals surface area contributed by atoms with Crippen molar-refractivity contribution in [1.29, 1.82) is 0 Å². The number of hydrogen-bond acceptors (Lipinski definition) is 1. The molecule has 0 radical (unpaired) electrons. The number of fused-ring (bicyclic) bond motifs is 2. The average Bonchev–Trinajstić information content (AvgIpc) is 2.29. The zero-order valence-corrected chi connectivity index (χ0v) is 9.77. The average molecular weight is 201 g/mol. The Kier molecular flexibility index (Phi) is 2.64. The summed E-state index contributed by atoms with van der Waals surface area (Å²) in [6, 6.07) is 0. The maximum absolute atomic E-state index is 4.28. The molecule has 1 nitrogen and oxygen atoms in total. The molecule has 2 rings (SSSR count). The van der Waals surface area contributed by atoms with Crippen molar-refractivity contribution in [3.05, 3.63) is 36.1 Å². The molecule has 1 aliphatic heterocycles. The molecule has 0 aromatic rings. The van der Waals surface area contributed by atoms with Gasteiger partial charge in [0.2, 0.25) is 0 Å². The molecule has 2 bridgehead atoms. The SMILES string of the molecule is CC1C=CC=C2C/C=N\C=C/C1C2(C)C. The van der Waals surface area contributed by atoms with Crippen LogP contribution in [-0.2, 0) is 0 Å². The topological polar surface area (TPSA) is 12.4 Å². The fraction of sp³-hybridized carbons (Fsp3) is 0.500. The highest BCUT2D eigenvalue weighted by Gasteiger charge is 2.35. The van der Waals surface area contributed by atoms with Crippen molar-refractivity contribution in [2.45, 2.75) is 27.2 Å². The van der Waals surface area contributed by atoms with E-state index in [1.165, 1.54) is 5.57 Å². The number of nitrogens with zero attached hydrogens (tertiary/aromatic N) is 1. The molecule has 80 valence electrons. The van der Waals surface area contributed by atoms with Crippen molar-refractivity contribution in [1.82, 2.24) is 0 Å². The van der Waals surface area contributed by atoms with Crippen LogP contribution in [0, 0.1) is 17.3 Å². The molecule has 0 aromatic heterocycles. The number of allylic oxidation sites excluding steroid dienone is 5. The first-order chi connectivity index (χ1) is 7.12. The Bertz CT molecular complexity index is 356. The normalized spacial score (nSPS) is 37.1. The maximum Gasteiger partial charge on any atom is 0.0227 e. The summed E-state index contributed by atoms with van der Waals surface area (Å²) in [6.45, 7) is 6.97. The summed E-state index contributed by atoms with van der Waals surface area (Å²) in [7, 11) is 0. The van der Waals surface area contributed by atoms with Gasteiger partial charge in [0.05, 0.1) is 0 Å². The zero-order valence-electron chi connectivity index (χ0n) is 9.77. The van der Waals surface area contributed by atoms with E-state index in [9.17, 15) is 0 Å². The fourth-order valence-corrected chi connectivity index (χ4v) is 2.65. The van der Waals surface area contributed by atoms with Crippen LogP contribution in [0.4, 0.5) is 0 Å². The van der Waals surface area contributed by atoms with E-state index in [1.807, 2.05) is 12.4 Å². The first kappa shape index (κ1) is 10.4. The lowest BCUT2D eigenvalue weighted by Crippen LogP contribution is -2.29. The molecule has 1 heterocycles. The molecule has 2 atom stereocenters. The molecule has 0 saturated carbocycles. The van der Waals surface area contributed by atoms with Gasteiger partial charge in [0, 0.05) is 18.8 Å². The molecule has 0 amide bonds. The smallest absolute Gasteiger partial charge is 0.0227 e. The Hall–Kier alpha value is -1.11. The summed E-state index contributed by atoms with van der Waals surface area (Å²) in [4.78, 5) is 4.28. The summed E-state index contributed by atoms with van der Waals surface area (Å²) >= 11 is 0. The Morgan fingerprint density at radius 2 is 2.13 bits per heavy atom. The quantitative estimate of drug-likeness (QED) is 0.566. The summed E-state index contributed by atoms with van der Waals surface area (Å²) in [6.07, 6.45) is 14.0.